The largest absolute Gasteiger partial charge is 0.491 e. The number of hydrogen-bond acceptors (Lipinski definition) is 2. The van der Waals surface area contributed by atoms with E-state index in [1.165, 1.54) is 56.9 Å². The molecule has 1 aromatic rings. The molecule has 1 atom stereocenters. The van der Waals surface area contributed by atoms with E-state index in [1.54, 1.807) is 0 Å². The normalized spacial score (nSPS) is 21.8. The molecule has 1 unspecified atom stereocenters. The molecule has 1 aliphatic carbocycles. The highest BCUT2D eigenvalue weighted by molar-refractivity contribution is 5.30. The van der Waals surface area contributed by atoms with Gasteiger partial charge in [-0.15, -0.1) is 0 Å². The monoisotopic (exact) mass is 330 g/mol. The fraction of sp³-hybridized carbons (Fsp3) is 0.727. The van der Waals surface area contributed by atoms with Crippen molar-refractivity contribution in [3.63, 3.8) is 0 Å². The van der Waals surface area contributed by atoms with E-state index in [9.17, 15) is 0 Å². The number of benzene rings is 1. The molecule has 1 saturated heterocycles. The molecule has 2 heteroatoms. The first-order valence-electron chi connectivity index (χ1n) is 10.1. The topological polar surface area (TPSA) is 18.5 Å². The van der Waals surface area contributed by atoms with Gasteiger partial charge in [0.15, 0.2) is 0 Å². The summed E-state index contributed by atoms with van der Waals surface area (Å²) in [4.78, 5) is 0. The van der Waals surface area contributed by atoms with Gasteiger partial charge in [-0.25, -0.2) is 0 Å². The van der Waals surface area contributed by atoms with Crippen molar-refractivity contribution in [3.05, 3.63) is 29.8 Å². The molecular formula is C22H34O2. The third-order valence-electron chi connectivity index (χ3n) is 5.83. The molecule has 0 bridgehead atoms. The van der Waals surface area contributed by atoms with Crippen LogP contribution in [0.4, 0.5) is 0 Å². The minimum atomic E-state index is 0.243. The second kappa shape index (κ2) is 8.89. The summed E-state index contributed by atoms with van der Waals surface area (Å²) < 4.78 is 11.4. The van der Waals surface area contributed by atoms with Crippen molar-refractivity contribution in [2.24, 2.45) is 11.8 Å². The van der Waals surface area contributed by atoms with Crippen molar-refractivity contribution in [1.29, 1.82) is 0 Å². The smallest absolute Gasteiger partial charge is 0.119 e. The molecule has 0 spiro atoms. The Morgan fingerprint density at radius 2 is 1.62 bits per heavy atom. The van der Waals surface area contributed by atoms with Crippen molar-refractivity contribution in [2.45, 2.75) is 77.2 Å². The lowest BCUT2D eigenvalue weighted by Crippen LogP contribution is -2.23. The van der Waals surface area contributed by atoms with E-state index in [1.807, 2.05) is 0 Å². The van der Waals surface area contributed by atoms with Gasteiger partial charge in [0, 0.05) is 13.2 Å². The summed E-state index contributed by atoms with van der Waals surface area (Å²) in [6.07, 6.45) is 11.2. The predicted octanol–water partition coefficient (Wildman–Crippen LogP) is 5.95. The zero-order valence-electron chi connectivity index (χ0n) is 15.5. The molecule has 0 amide bonds. The molecule has 2 nitrogen and oxygen atoms in total. The fourth-order valence-corrected chi connectivity index (χ4v) is 4.54. The first-order chi connectivity index (χ1) is 11.7. The van der Waals surface area contributed by atoms with Crippen LogP contribution in [0.1, 0.15) is 76.7 Å². The third-order valence-corrected chi connectivity index (χ3v) is 5.83. The number of rotatable bonds is 6. The summed E-state index contributed by atoms with van der Waals surface area (Å²) in [6.45, 7) is 6.10. The van der Waals surface area contributed by atoms with Crippen molar-refractivity contribution < 1.29 is 9.47 Å². The van der Waals surface area contributed by atoms with Crippen LogP contribution in [0, 0.1) is 11.8 Å². The Bertz CT molecular complexity index is 467. The molecule has 1 heterocycles. The molecule has 3 rings (SSSR count). The fourth-order valence-electron chi connectivity index (χ4n) is 4.54. The maximum Gasteiger partial charge on any atom is 0.119 e. The van der Waals surface area contributed by atoms with Crippen LogP contribution in [-0.2, 0) is 4.74 Å². The van der Waals surface area contributed by atoms with E-state index in [0.29, 0.717) is 0 Å². The van der Waals surface area contributed by atoms with Gasteiger partial charge in [-0.2, -0.15) is 0 Å². The number of ether oxygens (including phenoxy) is 2. The Kier molecular flexibility index (Phi) is 6.59. The molecule has 1 saturated carbocycles. The van der Waals surface area contributed by atoms with Gasteiger partial charge in [-0.3, -0.25) is 0 Å². The Labute approximate surface area is 147 Å². The lowest BCUT2D eigenvalue weighted by molar-refractivity contribution is 0.0584. The molecule has 0 radical (unpaired) electrons. The van der Waals surface area contributed by atoms with Crippen LogP contribution in [0.2, 0.25) is 0 Å². The molecular weight excluding hydrogens is 296 g/mol. The Balaban J connectivity index is 1.72. The highest BCUT2D eigenvalue weighted by Crippen LogP contribution is 2.41. The zero-order valence-corrected chi connectivity index (χ0v) is 15.5. The molecule has 2 aliphatic rings. The van der Waals surface area contributed by atoms with Gasteiger partial charge < -0.3 is 9.47 Å². The van der Waals surface area contributed by atoms with Gasteiger partial charge >= 0.3 is 0 Å². The van der Waals surface area contributed by atoms with Crippen LogP contribution in [0.15, 0.2) is 24.3 Å². The minimum absolute atomic E-state index is 0.243. The van der Waals surface area contributed by atoms with E-state index < -0.39 is 0 Å². The second-order valence-corrected chi connectivity index (χ2v) is 8.03. The highest BCUT2D eigenvalue weighted by Gasteiger charge is 2.28. The maximum absolute atomic E-state index is 5.83. The molecule has 1 aliphatic heterocycles. The SMILES string of the molecule is CC(C)Oc1ccc(C(CC2CCOCC2)C2CCCCC2)cc1. The van der Waals surface area contributed by atoms with Crippen molar-refractivity contribution in [3.8, 4) is 5.75 Å². The van der Waals surface area contributed by atoms with Gasteiger partial charge in [0.1, 0.15) is 5.75 Å². The first kappa shape index (κ1) is 17.8. The summed E-state index contributed by atoms with van der Waals surface area (Å²) in [5.41, 5.74) is 1.53. The van der Waals surface area contributed by atoms with E-state index in [4.69, 9.17) is 9.47 Å². The first-order valence-corrected chi connectivity index (χ1v) is 10.1. The van der Waals surface area contributed by atoms with Crippen LogP contribution >= 0.6 is 0 Å². The van der Waals surface area contributed by atoms with Gasteiger partial charge in [0.25, 0.3) is 0 Å². The lowest BCUT2D eigenvalue weighted by atomic mass is 9.72. The van der Waals surface area contributed by atoms with Gasteiger partial charge in [-0.1, -0.05) is 31.4 Å². The molecule has 2 fully saturated rings. The molecule has 24 heavy (non-hydrogen) atoms. The van der Waals surface area contributed by atoms with Crippen LogP contribution in [0.3, 0.4) is 0 Å². The summed E-state index contributed by atoms with van der Waals surface area (Å²) >= 11 is 0. The van der Waals surface area contributed by atoms with Crippen molar-refractivity contribution in [2.75, 3.05) is 13.2 Å². The Morgan fingerprint density at radius 1 is 0.958 bits per heavy atom. The van der Waals surface area contributed by atoms with Gasteiger partial charge in [-0.05, 0) is 81.4 Å². The zero-order chi connectivity index (χ0) is 16.8. The van der Waals surface area contributed by atoms with Crippen LogP contribution < -0.4 is 4.74 Å². The summed E-state index contributed by atoms with van der Waals surface area (Å²) in [6, 6.07) is 9.01. The maximum atomic E-state index is 5.83. The van der Waals surface area contributed by atoms with Crippen molar-refractivity contribution >= 4 is 0 Å². The van der Waals surface area contributed by atoms with Crippen LogP contribution in [-0.4, -0.2) is 19.3 Å². The van der Waals surface area contributed by atoms with Crippen LogP contribution in [0.5, 0.6) is 5.75 Å². The summed E-state index contributed by atoms with van der Waals surface area (Å²) in [7, 11) is 0. The van der Waals surface area contributed by atoms with Crippen molar-refractivity contribution in [1.82, 2.24) is 0 Å². The summed E-state index contributed by atoms with van der Waals surface area (Å²) in [5, 5.41) is 0. The summed E-state index contributed by atoms with van der Waals surface area (Å²) in [5.74, 6) is 3.44. The standard InChI is InChI=1S/C22H34O2/c1-17(2)24-21-10-8-20(9-11-21)22(19-6-4-3-5-7-19)16-18-12-14-23-15-13-18/h8-11,17-19,22H,3-7,12-16H2,1-2H3. The van der Waals surface area contributed by atoms with Crippen LogP contribution in [0.25, 0.3) is 0 Å². The Hall–Kier alpha value is -1.02. The molecule has 1 aromatic carbocycles. The average Bonchev–Trinajstić information content (AvgIpc) is 2.62. The average molecular weight is 331 g/mol. The lowest BCUT2D eigenvalue weighted by Gasteiger charge is -2.34. The van der Waals surface area contributed by atoms with Gasteiger partial charge in [0.05, 0.1) is 6.10 Å². The predicted molar refractivity (Wildman–Crippen MR) is 99.7 cm³/mol. The van der Waals surface area contributed by atoms with E-state index in [2.05, 4.69) is 38.1 Å². The molecule has 0 N–H and O–H groups in total. The third kappa shape index (κ3) is 4.99. The molecule has 134 valence electrons. The molecule has 0 aromatic heterocycles. The quantitative estimate of drug-likeness (QED) is 0.641. The van der Waals surface area contributed by atoms with E-state index in [-0.39, 0.29) is 6.10 Å². The second-order valence-electron chi connectivity index (χ2n) is 8.03. The van der Waals surface area contributed by atoms with E-state index >= 15 is 0 Å². The van der Waals surface area contributed by atoms with Gasteiger partial charge in [0.2, 0.25) is 0 Å². The van der Waals surface area contributed by atoms with E-state index in [0.717, 1.165) is 36.7 Å². The number of hydrogen-bond donors (Lipinski definition) is 0. The highest BCUT2D eigenvalue weighted by atomic mass is 16.5. The Morgan fingerprint density at radius 3 is 2.25 bits per heavy atom. The minimum Gasteiger partial charge on any atom is -0.491 e.